The van der Waals surface area contributed by atoms with Gasteiger partial charge in [-0.1, -0.05) is 0 Å². The van der Waals surface area contributed by atoms with Crippen LogP contribution in [-0.4, -0.2) is 35.4 Å². The van der Waals surface area contributed by atoms with Crippen LogP contribution in [0, 0.1) is 0 Å². The van der Waals surface area contributed by atoms with E-state index in [4.69, 9.17) is 16.5 Å². The van der Waals surface area contributed by atoms with E-state index in [1.165, 1.54) is 9.77 Å². The Labute approximate surface area is 111 Å². The molecule has 2 aromatic rings. The Bertz CT molecular complexity index is 517. The Hall–Kier alpha value is -1.52. The zero-order valence-corrected chi connectivity index (χ0v) is 10.7. The van der Waals surface area contributed by atoms with Crippen LogP contribution >= 0.6 is 11.8 Å². The van der Waals surface area contributed by atoms with Crippen LogP contribution in [-0.2, 0) is 4.74 Å². The summed E-state index contributed by atoms with van der Waals surface area (Å²) in [5.74, 6) is 0.769. The van der Waals surface area contributed by atoms with Crippen LogP contribution in [0.4, 0.5) is 5.69 Å². The minimum atomic E-state index is 0.769. The highest BCUT2D eigenvalue weighted by atomic mass is 35.5. The van der Waals surface area contributed by atoms with Crippen molar-refractivity contribution in [2.75, 3.05) is 31.2 Å². The van der Waals surface area contributed by atoms with Gasteiger partial charge in [0, 0.05) is 48.5 Å². The van der Waals surface area contributed by atoms with Crippen LogP contribution in [0.2, 0.25) is 0 Å². The van der Waals surface area contributed by atoms with Gasteiger partial charge in [-0.25, -0.2) is 9.07 Å². The summed E-state index contributed by atoms with van der Waals surface area (Å²) in [6.07, 6.45) is 3.42. The number of hydrogen-bond donors (Lipinski definition) is 0. The van der Waals surface area contributed by atoms with Crippen LogP contribution < -0.4 is 4.90 Å². The predicted molar refractivity (Wildman–Crippen MR) is 71.9 cm³/mol. The number of benzene rings is 1. The molecular weight excluding hydrogens is 250 g/mol. The Morgan fingerprint density at radius 2 is 1.83 bits per heavy atom. The van der Waals surface area contributed by atoms with Gasteiger partial charge in [0.25, 0.3) is 0 Å². The summed E-state index contributed by atoms with van der Waals surface area (Å²) in [6.45, 7) is 3.49. The molecule has 3 rings (SSSR count). The average molecular weight is 264 g/mol. The number of rotatable bonds is 2. The van der Waals surface area contributed by atoms with Gasteiger partial charge in [-0.2, -0.15) is 0 Å². The molecule has 5 heteroatoms. The number of morpholine rings is 1. The molecule has 0 bridgehead atoms. The van der Waals surface area contributed by atoms with Crippen molar-refractivity contribution in [2.45, 2.75) is 0 Å². The molecule has 2 heterocycles. The third-order valence-electron chi connectivity index (χ3n) is 3.10. The van der Waals surface area contributed by atoms with Gasteiger partial charge in [-0.05, 0) is 24.3 Å². The van der Waals surface area contributed by atoms with E-state index in [0.29, 0.717) is 0 Å². The van der Waals surface area contributed by atoms with Crippen LogP contribution in [0.1, 0.15) is 0 Å². The van der Waals surface area contributed by atoms with E-state index in [0.717, 1.165) is 37.7 Å². The first-order valence-electron chi connectivity index (χ1n) is 5.97. The van der Waals surface area contributed by atoms with Gasteiger partial charge in [0.05, 0.1) is 13.2 Å². The lowest BCUT2D eigenvalue weighted by Crippen LogP contribution is -2.36. The highest BCUT2D eigenvalue weighted by Crippen LogP contribution is 2.23. The first-order valence-corrected chi connectivity index (χ1v) is 6.31. The van der Waals surface area contributed by atoms with E-state index in [1.54, 1.807) is 12.4 Å². The van der Waals surface area contributed by atoms with E-state index in [1.807, 2.05) is 12.1 Å². The van der Waals surface area contributed by atoms with Gasteiger partial charge < -0.3 is 9.64 Å². The third-order valence-corrected chi connectivity index (χ3v) is 3.37. The molecule has 0 aliphatic carbocycles. The number of anilines is 1. The van der Waals surface area contributed by atoms with Gasteiger partial charge in [0.1, 0.15) is 0 Å². The molecule has 1 fully saturated rings. The largest absolute Gasteiger partial charge is 0.378 e. The van der Waals surface area contributed by atoms with Crippen molar-refractivity contribution in [1.29, 1.82) is 0 Å². The van der Waals surface area contributed by atoms with Crippen molar-refractivity contribution in [3.8, 4) is 11.4 Å². The van der Waals surface area contributed by atoms with Crippen molar-refractivity contribution >= 4 is 17.5 Å². The second-order valence-electron chi connectivity index (χ2n) is 4.21. The number of hydrogen-bond acceptors (Lipinski definition) is 3. The summed E-state index contributed by atoms with van der Waals surface area (Å²) in [6, 6.07) is 8.30. The Balaban J connectivity index is 1.82. The predicted octanol–water partition coefficient (Wildman–Crippen LogP) is 2.39. The summed E-state index contributed by atoms with van der Waals surface area (Å²) < 4.78 is 6.85. The normalized spacial score (nSPS) is 15.9. The fourth-order valence-corrected chi connectivity index (χ4v) is 2.32. The Kier molecular flexibility index (Phi) is 3.21. The molecule has 1 aliphatic heterocycles. The SMILES string of the molecule is Cln1ccnc1-c1ccc(N2CCOCC2)cc1. The van der Waals surface area contributed by atoms with Gasteiger partial charge >= 0.3 is 0 Å². The monoisotopic (exact) mass is 263 g/mol. The Morgan fingerprint density at radius 3 is 2.44 bits per heavy atom. The summed E-state index contributed by atoms with van der Waals surface area (Å²) in [7, 11) is 0. The second-order valence-corrected chi connectivity index (χ2v) is 4.57. The topological polar surface area (TPSA) is 30.3 Å². The highest BCUT2D eigenvalue weighted by Gasteiger charge is 2.11. The van der Waals surface area contributed by atoms with Gasteiger partial charge in [0.2, 0.25) is 0 Å². The minimum absolute atomic E-state index is 0.769. The zero-order chi connectivity index (χ0) is 12.4. The molecule has 1 aromatic heterocycles. The van der Waals surface area contributed by atoms with E-state index in [2.05, 4.69) is 22.0 Å². The maximum Gasteiger partial charge on any atom is 0.154 e. The molecule has 4 nitrogen and oxygen atoms in total. The van der Waals surface area contributed by atoms with E-state index in [9.17, 15) is 0 Å². The fourth-order valence-electron chi connectivity index (χ4n) is 2.13. The number of imidazole rings is 1. The lowest BCUT2D eigenvalue weighted by atomic mass is 10.2. The Morgan fingerprint density at radius 1 is 1.11 bits per heavy atom. The summed E-state index contributed by atoms with van der Waals surface area (Å²) >= 11 is 5.99. The van der Waals surface area contributed by atoms with Crippen LogP contribution in [0.15, 0.2) is 36.7 Å². The number of halogens is 1. The van der Waals surface area contributed by atoms with E-state index < -0.39 is 0 Å². The molecule has 1 aromatic carbocycles. The molecule has 18 heavy (non-hydrogen) atoms. The third kappa shape index (κ3) is 2.21. The van der Waals surface area contributed by atoms with Crippen molar-refractivity contribution in [1.82, 2.24) is 9.07 Å². The summed E-state index contributed by atoms with van der Waals surface area (Å²) in [5, 5.41) is 0. The fraction of sp³-hybridized carbons (Fsp3) is 0.308. The number of aromatic nitrogens is 2. The van der Waals surface area contributed by atoms with Gasteiger partial charge in [0.15, 0.2) is 5.82 Å². The molecule has 94 valence electrons. The molecule has 0 atom stereocenters. The lowest BCUT2D eigenvalue weighted by molar-refractivity contribution is 0.122. The number of ether oxygens (including phenoxy) is 1. The van der Waals surface area contributed by atoms with Crippen LogP contribution in [0.5, 0.6) is 0 Å². The summed E-state index contributed by atoms with van der Waals surface area (Å²) in [5.41, 5.74) is 2.24. The zero-order valence-electron chi connectivity index (χ0n) is 9.92. The number of nitrogens with zero attached hydrogens (tertiary/aromatic N) is 3. The quantitative estimate of drug-likeness (QED) is 0.833. The molecule has 0 unspecified atom stereocenters. The molecule has 0 radical (unpaired) electrons. The van der Waals surface area contributed by atoms with Crippen LogP contribution in [0.25, 0.3) is 11.4 Å². The van der Waals surface area contributed by atoms with Crippen molar-refractivity contribution in [3.05, 3.63) is 36.7 Å². The van der Waals surface area contributed by atoms with Gasteiger partial charge in [-0.3, -0.25) is 0 Å². The molecule has 0 N–H and O–H groups in total. The first-order chi connectivity index (χ1) is 8.84. The van der Waals surface area contributed by atoms with Crippen molar-refractivity contribution < 1.29 is 4.74 Å². The van der Waals surface area contributed by atoms with Gasteiger partial charge in [-0.15, -0.1) is 0 Å². The minimum Gasteiger partial charge on any atom is -0.378 e. The molecule has 0 amide bonds. The van der Waals surface area contributed by atoms with Crippen molar-refractivity contribution in [3.63, 3.8) is 0 Å². The highest BCUT2D eigenvalue weighted by molar-refractivity contribution is 6.16. The molecule has 0 saturated carbocycles. The van der Waals surface area contributed by atoms with Crippen LogP contribution in [0.3, 0.4) is 0 Å². The maximum absolute atomic E-state index is 5.99. The molecule has 1 saturated heterocycles. The molecule has 1 aliphatic rings. The molecule has 0 spiro atoms. The van der Waals surface area contributed by atoms with Crippen molar-refractivity contribution in [2.24, 2.45) is 0 Å². The summed E-state index contributed by atoms with van der Waals surface area (Å²) in [4.78, 5) is 6.55. The standard InChI is InChI=1S/C13H14ClN3O/c14-17-6-5-15-13(17)11-1-3-12(4-2-11)16-7-9-18-10-8-16/h1-6H,7-10H2. The lowest BCUT2D eigenvalue weighted by Gasteiger charge is -2.28. The smallest absolute Gasteiger partial charge is 0.154 e. The van der Waals surface area contributed by atoms with E-state index >= 15 is 0 Å². The molecular formula is C13H14ClN3O. The second kappa shape index (κ2) is 5.00. The maximum atomic E-state index is 5.99. The average Bonchev–Trinajstić information content (AvgIpc) is 2.86. The van der Waals surface area contributed by atoms with E-state index in [-0.39, 0.29) is 0 Å². The first kappa shape index (κ1) is 11.6.